The molecule has 1 N–H and O–H groups in total. The molecule has 3 heteroatoms. The van der Waals surface area contributed by atoms with Crippen LogP contribution >= 0.6 is 15.9 Å². The molecule has 0 bridgehead atoms. The zero-order valence-corrected chi connectivity index (χ0v) is 11.5. The lowest BCUT2D eigenvalue weighted by Crippen LogP contribution is -2.27. The molecule has 2 unspecified atom stereocenters. The smallest absolute Gasteiger partial charge is 0.0681 e. The molecule has 0 radical (unpaired) electrons. The van der Waals surface area contributed by atoms with Crippen LogP contribution in [0.3, 0.4) is 0 Å². The minimum atomic E-state index is -0.00817. The van der Waals surface area contributed by atoms with E-state index in [4.69, 9.17) is 0 Å². The molecule has 1 aromatic rings. The summed E-state index contributed by atoms with van der Waals surface area (Å²) in [4.78, 5) is 0. The summed E-state index contributed by atoms with van der Waals surface area (Å²) in [5.74, 6) is 0.331. The van der Waals surface area contributed by atoms with Crippen LogP contribution in [0.1, 0.15) is 25.5 Å². The Balaban J connectivity index is 2.98. The van der Waals surface area contributed by atoms with E-state index in [9.17, 15) is 5.26 Å². The van der Waals surface area contributed by atoms with Crippen LogP contribution in [0.25, 0.3) is 0 Å². The van der Waals surface area contributed by atoms with Crippen LogP contribution in [0.5, 0.6) is 0 Å². The number of rotatable bonds is 4. The average molecular weight is 281 g/mol. The van der Waals surface area contributed by atoms with Gasteiger partial charge in [-0.15, -0.1) is 0 Å². The van der Waals surface area contributed by atoms with Crippen LogP contribution in [0.4, 0.5) is 0 Å². The highest BCUT2D eigenvalue weighted by atomic mass is 79.9. The highest BCUT2D eigenvalue weighted by Gasteiger charge is 2.24. The number of nitrogens with one attached hydrogen (secondary N) is 1. The van der Waals surface area contributed by atoms with Gasteiger partial charge in [-0.05, 0) is 30.7 Å². The summed E-state index contributed by atoms with van der Waals surface area (Å²) in [6, 6.07) is 10.6. The van der Waals surface area contributed by atoms with Gasteiger partial charge in [-0.25, -0.2) is 0 Å². The first-order chi connectivity index (χ1) is 7.60. The molecular formula is C13H17BrN2. The second kappa shape index (κ2) is 6.03. The van der Waals surface area contributed by atoms with E-state index in [0.717, 1.165) is 10.0 Å². The minimum absolute atomic E-state index is 0.00817. The molecule has 0 aromatic heterocycles. The second-order valence-electron chi connectivity index (χ2n) is 4.22. The Morgan fingerprint density at radius 3 is 2.19 bits per heavy atom. The molecule has 0 spiro atoms. The Kier molecular flexibility index (Phi) is 4.98. The van der Waals surface area contributed by atoms with Crippen LogP contribution in [0, 0.1) is 23.2 Å². The van der Waals surface area contributed by atoms with E-state index < -0.39 is 0 Å². The quantitative estimate of drug-likeness (QED) is 0.916. The number of hydrogen-bond donors (Lipinski definition) is 1. The van der Waals surface area contributed by atoms with Gasteiger partial charge in [0.15, 0.2) is 0 Å². The molecule has 86 valence electrons. The van der Waals surface area contributed by atoms with Crippen molar-refractivity contribution >= 4 is 15.9 Å². The molecular weight excluding hydrogens is 264 g/mol. The van der Waals surface area contributed by atoms with Gasteiger partial charge in [0.1, 0.15) is 0 Å². The Morgan fingerprint density at radius 2 is 1.81 bits per heavy atom. The molecule has 0 saturated heterocycles. The van der Waals surface area contributed by atoms with Crippen LogP contribution < -0.4 is 5.32 Å². The minimum Gasteiger partial charge on any atom is -0.312 e. The molecule has 0 aliphatic carbocycles. The molecule has 0 fully saturated rings. The molecule has 0 heterocycles. The summed E-state index contributed by atoms with van der Waals surface area (Å²) < 4.78 is 1.06. The number of benzene rings is 1. The lowest BCUT2D eigenvalue weighted by molar-refractivity contribution is 0.363. The highest BCUT2D eigenvalue weighted by molar-refractivity contribution is 9.10. The fourth-order valence-electron chi connectivity index (χ4n) is 1.83. The molecule has 2 atom stereocenters. The Morgan fingerprint density at radius 1 is 1.25 bits per heavy atom. The lowest BCUT2D eigenvalue weighted by Gasteiger charge is -2.24. The van der Waals surface area contributed by atoms with Crippen molar-refractivity contribution in [2.45, 2.75) is 19.9 Å². The fraction of sp³-hybridized carbons (Fsp3) is 0.462. The predicted octanol–water partition coefficient (Wildman–Crippen LogP) is 3.51. The van der Waals surface area contributed by atoms with E-state index in [-0.39, 0.29) is 12.0 Å². The summed E-state index contributed by atoms with van der Waals surface area (Å²) in [5.41, 5.74) is 1.16. The third-order valence-corrected chi connectivity index (χ3v) is 3.30. The van der Waals surface area contributed by atoms with E-state index in [2.05, 4.69) is 53.3 Å². The van der Waals surface area contributed by atoms with Crippen LogP contribution in [0.2, 0.25) is 0 Å². The van der Waals surface area contributed by atoms with Crippen molar-refractivity contribution < 1.29 is 0 Å². The fourth-order valence-corrected chi connectivity index (χ4v) is 2.10. The highest BCUT2D eigenvalue weighted by Crippen LogP contribution is 2.28. The monoisotopic (exact) mass is 280 g/mol. The summed E-state index contributed by atoms with van der Waals surface area (Å²) in [6.45, 7) is 4.16. The summed E-state index contributed by atoms with van der Waals surface area (Å²) in [6.07, 6.45) is 0. The zero-order chi connectivity index (χ0) is 12.1. The van der Waals surface area contributed by atoms with Gasteiger partial charge in [0.25, 0.3) is 0 Å². The first kappa shape index (κ1) is 13.2. The summed E-state index contributed by atoms with van der Waals surface area (Å²) in [7, 11) is 1.90. The van der Waals surface area contributed by atoms with E-state index in [1.165, 1.54) is 0 Å². The van der Waals surface area contributed by atoms with E-state index in [1.54, 1.807) is 0 Å². The molecule has 0 aliphatic rings. The first-order valence-corrected chi connectivity index (χ1v) is 6.21. The van der Waals surface area contributed by atoms with Gasteiger partial charge in [-0.2, -0.15) is 5.26 Å². The van der Waals surface area contributed by atoms with Crippen LogP contribution in [-0.2, 0) is 0 Å². The average Bonchev–Trinajstić information content (AvgIpc) is 2.26. The largest absolute Gasteiger partial charge is 0.312 e. The Bertz CT molecular complexity index is 365. The summed E-state index contributed by atoms with van der Waals surface area (Å²) >= 11 is 3.41. The first-order valence-electron chi connectivity index (χ1n) is 5.42. The zero-order valence-electron chi connectivity index (χ0n) is 9.87. The van der Waals surface area contributed by atoms with Gasteiger partial charge in [0.05, 0.1) is 12.0 Å². The predicted molar refractivity (Wildman–Crippen MR) is 69.9 cm³/mol. The molecule has 0 amide bonds. The van der Waals surface area contributed by atoms with Gasteiger partial charge in [-0.3, -0.25) is 0 Å². The van der Waals surface area contributed by atoms with Crippen molar-refractivity contribution in [1.82, 2.24) is 5.32 Å². The molecule has 16 heavy (non-hydrogen) atoms. The third kappa shape index (κ3) is 3.07. The van der Waals surface area contributed by atoms with Crippen molar-refractivity contribution in [3.63, 3.8) is 0 Å². The molecule has 1 rings (SSSR count). The normalized spacial score (nSPS) is 14.5. The van der Waals surface area contributed by atoms with Gasteiger partial charge in [0, 0.05) is 10.5 Å². The van der Waals surface area contributed by atoms with E-state index in [0.29, 0.717) is 5.92 Å². The van der Waals surface area contributed by atoms with Crippen molar-refractivity contribution in [3.8, 4) is 6.07 Å². The van der Waals surface area contributed by atoms with E-state index in [1.807, 2.05) is 19.2 Å². The number of nitrogens with zero attached hydrogens (tertiary/aromatic N) is 1. The molecule has 2 nitrogen and oxygen atoms in total. The van der Waals surface area contributed by atoms with Crippen molar-refractivity contribution in [3.05, 3.63) is 34.3 Å². The third-order valence-electron chi connectivity index (χ3n) is 2.77. The van der Waals surface area contributed by atoms with Gasteiger partial charge >= 0.3 is 0 Å². The standard InChI is InChI=1S/C13H17BrN2/c1-9(2)12(8-15)13(16-3)10-4-6-11(14)7-5-10/h4-7,9,12-13,16H,1-3H3. The van der Waals surface area contributed by atoms with E-state index >= 15 is 0 Å². The Labute approximate surface area is 106 Å². The van der Waals surface area contributed by atoms with Crippen molar-refractivity contribution in [2.75, 3.05) is 7.05 Å². The molecule has 0 aliphatic heterocycles. The van der Waals surface area contributed by atoms with Crippen molar-refractivity contribution in [2.24, 2.45) is 11.8 Å². The number of nitriles is 1. The maximum absolute atomic E-state index is 9.21. The SMILES string of the molecule is CNC(c1ccc(Br)cc1)C(C#N)C(C)C. The van der Waals surface area contributed by atoms with Crippen LogP contribution in [-0.4, -0.2) is 7.05 Å². The van der Waals surface area contributed by atoms with Crippen LogP contribution in [0.15, 0.2) is 28.7 Å². The topological polar surface area (TPSA) is 35.8 Å². The van der Waals surface area contributed by atoms with Gasteiger partial charge in [0.2, 0.25) is 0 Å². The van der Waals surface area contributed by atoms with Gasteiger partial charge in [-0.1, -0.05) is 41.9 Å². The number of halogens is 1. The molecule has 0 saturated carbocycles. The van der Waals surface area contributed by atoms with Gasteiger partial charge < -0.3 is 5.32 Å². The second-order valence-corrected chi connectivity index (χ2v) is 5.13. The number of hydrogen-bond acceptors (Lipinski definition) is 2. The van der Waals surface area contributed by atoms with Crippen molar-refractivity contribution in [1.29, 1.82) is 5.26 Å². The maximum atomic E-state index is 9.21. The molecule has 1 aromatic carbocycles. The summed E-state index contributed by atoms with van der Waals surface area (Å²) in [5, 5.41) is 12.4. The maximum Gasteiger partial charge on any atom is 0.0681 e. The Hall–Kier alpha value is -0.850. The lowest BCUT2D eigenvalue weighted by atomic mass is 9.86.